The highest BCUT2D eigenvalue weighted by Gasteiger charge is 2.51. The lowest BCUT2D eigenvalue weighted by Crippen LogP contribution is -2.56. The minimum Gasteiger partial charge on any atom is -0.488 e. The van der Waals surface area contributed by atoms with Gasteiger partial charge in [-0.15, -0.1) is 0 Å². The Morgan fingerprint density at radius 1 is 0.864 bits per heavy atom. The van der Waals surface area contributed by atoms with Crippen molar-refractivity contribution in [2.45, 2.75) is 141 Å². The van der Waals surface area contributed by atoms with Crippen LogP contribution in [-0.2, 0) is 25.7 Å². The van der Waals surface area contributed by atoms with Crippen molar-refractivity contribution >= 4 is 45.8 Å². The van der Waals surface area contributed by atoms with Crippen molar-refractivity contribution in [2.24, 2.45) is 17.8 Å². The number of aromatic nitrogens is 4. The number of ether oxygens (including phenoxy) is 3. The van der Waals surface area contributed by atoms with E-state index in [-0.39, 0.29) is 60.0 Å². The van der Waals surface area contributed by atoms with Gasteiger partial charge in [0.25, 0.3) is 0 Å². The number of aromatic amines is 2. The zero-order valence-electron chi connectivity index (χ0n) is 38.4. The van der Waals surface area contributed by atoms with Crippen molar-refractivity contribution < 1.29 is 38.5 Å². The highest BCUT2D eigenvalue weighted by molar-refractivity contribution is 6.07. The van der Waals surface area contributed by atoms with Crippen LogP contribution in [0.1, 0.15) is 115 Å². The van der Waals surface area contributed by atoms with E-state index in [1.165, 1.54) is 7.11 Å². The number of methoxy groups -OCH3 is 1. The monoisotopic (exact) mass is 900 g/mol. The summed E-state index contributed by atoms with van der Waals surface area (Å²) in [6.45, 7) is 10.1. The molecule has 10 rings (SSSR count). The third-order valence-corrected chi connectivity index (χ3v) is 15.1. The number of fused-ring (bicyclic) bond motifs is 7. The Balaban J connectivity index is 0.920. The zero-order valence-corrected chi connectivity index (χ0v) is 38.4. The molecule has 0 spiro atoms. The SMILES string of the molecule is COC(=O)NC(C(=O)N1[C@H](c2nc3c(ccc4cc5c(cc43)OCc3cc(-c4cnc([C@@H]6CC[C@H](C)N6C(=O)C(NC(=O)O)C(C)C)[nH]4)ccc3-5)[nH]2)C[C@@H]2CCC[C@@H]21)C1C[C@@H](C)O[C@H](C)C1. The maximum absolute atomic E-state index is 14.9. The standard InChI is InChI=1S/C50H60N8O8/c1-24(2)42(55-49(61)62)47(59)57-25(3)10-15-39(57)45-51-22-37(53-45)29-11-13-33-32(18-29)23-65-41-21-34-28(19-35(33)41)12-14-36-44(34)54-46(52-36)40-20-30-8-7-9-38(30)58(40)48(60)43(56-50(63)64-6)31-16-26(4)66-27(5)17-31/h11-14,18-19,21-22,24-27,30-31,38-40,42-43,55H,7-10,15-17,20,23H2,1-6H3,(H,51,53)(H,52,54)(H,56,63)(H,61,62)/t25-,26+,27+,30-,38-,39-,40-,42?,43?/m0/s1. The number of nitrogens with one attached hydrogen (secondary N) is 4. The molecular weight excluding hydrogens is 841 g/mol. The largest absolute Gasteiger partial charge is 0.488 e. The van der Waals surface area contributed by atoms with Gasteiger partial charge in [0.1, 0.15) is 36.1 Å². The molecule has 66 heavy (non-hydrogen) atoms. The molecule has 0 radical (unpaired) electrons. The minimum absolute atomic E-state index is 0.0305. The van der Waals surface area contributed by atoms with Crippen LogP contribution in [0.4, 0.5) is 9.59 Å². The number of hydrogen-bond donors (Lipinski definition) is 5. The first-order chi connectivity index (χ1) is 31.8. The Morgan fingerprint density at radius 3 is 2.42 bits per heavy atom. The second kappa shape index (κ2) is 17.2. The first-order valence-electron chi connectivity index (χ1n) is 23.7. The van der Waals surface area contributed by atoms with Gasteiger partial charge in [0.2, 0.25) is 11.8 Å². The molecule has 16 nitrogen and oxygen atoms in total. The van der Waals surface area contributed by atoms with E-state index < -0.39 is 24.3 Å². The van der Waals surface area contributed by atoms with Crippen LogP contribution in [-0.4, -0.2) is 102 Å². The van der Waals surface area contributed by atoms with Crippen LogP contribution in [0, 0.1) is 17.8 Å². The van der Waals surface area contributed by atoms with E-state index in [4.69, 9.17) is 24.2 Å². The highest BCUT2D eigenvalue weighted by Crippen LogP contribution is 2.49. The molecule has 0 bridgehead atoms. The van der Waals surface area contributed by atoms with E-state index in [0.717, 1.165) is 99.9 Å². The third kappa shape index (κ3) is 7.79. The second-order valence-electron chi connectivity index (χ2n) is 19.7. The summed E-state index contributed by atoms with van der Waals surface area (Å²) in [5.74, 6) is 1.92. The van der Waals surface area contributed by atoms with E-state index in [2.05, 4.69) is 63.1 Å². The van der Waals surface area contributed by atoms with Gasteiger partial charge in [-0.2, -0.15) is 0 Å². The summed E-state index contributed by atoms with van der Waals surface area (Å²) in [5, 5.41) is 16.8. The number of carbonyl (C=O) groups is 4. The second-order valence-corrected chi connectivity index (χ2v) is 19.7. The summed E-state index contributed by atoms with van der Waals surface area (Å²) in [6, 6.07) is 12.6. The first kappa shape index (κ1) is 43.7. The average Bonchev–Trinajstić information content (AvgIpc) is 4.14. The maximum Gasteiger partial charge on any atom is 0.407 e. The Morgan fingerprint density at radius 2 is 1.67 bits per heavy atom. The quantitative estimate of drug-likeness (QED) is 0.0956. The smallest absolute Gasteiger partial charge is 0.407 e. The van der Waals surface area contributed by atoms with E-state index in [9.17, 15) is 24.3 Å². The summed E-state index contributed by atoms with van der Waals surface area (Å²) in [5.41, 5.74) is 6.56. The molecular formula is C50H60N8O8. The predicted octanol–water partition coefficient (Wildman–Crippen LogP) is 8.38. The van der Waals surface area contributed by atoms with Crippen LogP contribution in [0.15, 0.2) is 48.7 Å². The zero-order chi connectivity index (χ0) is 46.1. The van der Waals surface area contributed by atoms with Crippen LogP contribution in [0.25, 0.3) is 44.2 Å². The van der Waals surface area contributed by atoms with Gasteiger partial charge in [0, 0.05) is 23.0 Å². The Hall–Kier alpha value is -6.16. The van der Waals surface area contributed by atoms with Crippen molar-refractivity contribution in [2.75, 3.05) is 7.11 Å². The van der Waals surface area contributed by atoms with Crippen LogP contribution >= 0.6 is 0 Å². The Kier molecular flexibility index (Phi) is 11.4. The Labute approximate surface area is 383 Å². The van der Waals surface area contributed by atoms with Crippen molar-refractivity contribution in [1.82, 2.24) is 40.4 Å². The maximum atomic E-state index is 14.9. The fourth-order valence-electron chi connectivity index (χ4n) is 12.0. The first-order valence-corrected chi connectivity index (χ1v) is 23.7. The number of likely N-dealkylation sites (tertiary alicyclic amines) is 2. The molecule has 1 aliphatic carbocycles. The third-order valence-electron chi connectivity index (χ3n) is 15.1. The van der Waals surface area contributed by atoms with E-state index in [1.807, 2.05) is 39.5 Å². The molecule has 5 aliphatic rings. The van der Waals surface area contributed by atoms with Gasteiger partial charge >= 0.3 is 12.2 Å². The summed E-state index contributed by atoms with van der Waals surface area (Å²) in [6.07, 6.45) is 6.59. The van der Waals surface area contributed by atoms with Gasteiger partial charge in [0.15, 0.2) is 0 Å². The lowest BCUT2D eigenvalue weighted by atomic mass is 9.85. The number of carboxylic acid groups (broad SMARTS) is 1. The normalized spacial score (nSPS) is 26.7. The number of imidazole rings is 2. The van der Waals surface area contributed by atoms with E-state index in [1.54, 1.807) is 11.1 Å². The van der Waals surface area contributed by atoms with Gasteiger partial charge in [-0.1, -0.05) is 38.5 Å². The number of nitrogens with zero attached hydrogens (tertiary/aromatic N) is 4. The van der Waals surface area contributed by atoms with Crippen molar-refractivity contribution in [3.8, 4) is 28.1 Å². The summed E-state index contributed by atoms with van der Waals surface area (Å²) >= 11 is 0. The van der Waals surface area contributed by atoms with Crippen LogP contribution < -0.4 is 15.4 Å². The number of amides is 4. The molecule has 5 N–H and O–H groups in total. The van der Waals surface area contributed by atoms with E-state index in [0.29, 0.717) is 31.2 Å². The number of H-pyrrole nitrogens is 2. The van der Waals surface area contributed by atoms with Gasteiger partial charge < -0.3 is 49.7 Å². The number of alkyl carbamates (subject to hydrolysis) is 1. The number of benzene rings is 3. The summed E-state index contributed by atoms with van der Waals surface area (Å²) in [4.78, 5) is 73.9. The molecule has 3 aromatic carbocycles. The van der Waals surface area contributed by atoms with Crippen molar-refractivity contribution in [3.63, 3.8) is 0 Å². The van der Waals surface area contributed by atoms with Crippen LogP contribution in [0.3, 0.4) is 0 Å². The molecule has 3 saturated heterocycles. The van der Waals surface area contributed by atoms with Gasteiger partial charge in [-0.3, -0.25) is 9.59 Å². The lowest BCUT2D eigenvalue weighted by Gasteiger charge is -2.39. The molecule has 348 valence electrons. The van der Waals surface area contributed by atoms with Crippen LogP contribution in [0.5, 0.6) is 5.75 Å². The Bertz CT molecular complexity index is 2700. The van der Waals surface area contributed by atoms with Crippen LogP contribution in [0.2, 0.25) is 0 Å². The van der Waals surface area contributed by atoms with Gasteiger partial charge in [-0.05, 0) is 130 Å². The van der Waals surface area contributed by atoms with Gasteiger partial charge in [-0.25, -0.2) is 19.6 Å². The van der Waals surface area contributed by atoms with E-state index >= 15 is 0 Å². The fraction of sp³-hybridized carbons (Fsp3) is 0.520. The number of rotatable bonds is 9. The minimum atomic E-state index is -1.22. The predicted molar refractivity (Wildman–Crippen MR) is 246 cm³/mol. The number of carbonyl (C=O) groups excluding carboxylic acids is 3. The average molecular weight is 901 g/mol. The molecule has 5 aromatic rings. The molecule has 6 heterocycles. The molecule has 1 saturated carbocycles. The molecule has 4 amide bonds. The highest BCUT2D eigenvalue weighted by atomic mass is 16.5. The molecule has 9 atom stereocenters. The summed E-state index contributed by atoms with van der Waals surface area (Å²) < 4.78 is 17.6. The van der Waals surface area contributed by atoms with Crippen molar-refractivity contribution in [1.29, 1.82) is 0 Å². The topological polar surface area (TPSA) is 204 Å². The summed E-state index contributed by atoms with van der Waals surface area (Å²) in [7, 11) is 1.33. The van der Waals surface area contributed by atoms with Crippen molar-refractivity contribution in [3.05, 3.63) is 65.9 Å². The molecule has 4 aliphatic heterocycles. The fourth-order valence-corrected chi connectivity index (χ4v) is 12.0. The molecule has 4 fully saturated rings. The molecule has 2 unspecified atom stereocenters. The van der Waals surface area contributed by atoms with Gasteiger partial charge in [0.05, 0.1) is 54.3 Å². The molecule has 2 aromatic heterocycles. The lowest BCUT2D eigenvalue weighted by molar-refractivity contribution is -0.141. The number of hydrogen-bond acceptors (Lipinski definition) is 9. The molecule has 16 heteroatoms.